The standard InChI is InChI=1S/C19H33NO8/c1-5-15-16(25-12(2)21)17(26-13(3)22)18(27-14(4)23)19(28-15)24-11-9-7-6-8-10-20/h15-19H,5-11,20H2,1-4H3/t15-,16-,17+,18+,19+/m1/s1. The van der Waals surface area contributed by atoms with Crippen molar-refractivity contribution in [3.8, 4) is 0 Å². The first kappa shape index (κ1) is 24.3. The van der Waals surface area contributed by atoms with E-state index in [1.807, 2.05) is 6.92 Å². The summed E-state index contributed by atoms with van der Waals surface area (Å²) in [7, 11) is 0. The summed E-state index contributed by atoms with van der Waals surface area (Å²) in [5, 5.41) is 0. The van der Waals surface area contributed by atoms with Crippen molar-refractivity contribution in [1.29, 1.82) is 0 Å². The van der Waals surface area contributed by atoms with Crippen LogP contribution >= 0.6 is 0 Å². The van der Waals surface area contributed by atoms with Gasteiger partial charge in [0.05, 0.1) is 0 Å². The van der Waals surface area contributed by atoms with Crippen molar-refractivity contribution in [1.82, 2.24) is 0 Å². The van der Waals surface area contributed by atoms with Gasteiger partial charge in [-0.05, 0) is 25.8 Å². The van der Waals surface area contributed by atoms with Crippen LogP contribution in [0.2, 0.25) is 0 Å². The number of carbonyl (C=O) groups is 3. The fraction of sp³-hybridized carbons (Fsp3) is 0.842. The number of ether oxygens (including phenoxy) is 5. The van der Waals surface area contributed by atoms with Crippen LogP contribution in [0.3, 0.4) is 0 Å². The van der Waals surface area contributed by atoms with Crippen LogP contribution in [-0.2, 0) is 38.1 Å². The Hall–Kier alpha value is -1.71. The van der Waals surface area contributed by atoms with Crippen molar-refractivity contribution in [2.24, 2.45) is 5.73 Å². The van der Waals surface area contributed by atoms with E-state index in [-0.39, 0.29) is 0 Å². The molecule has 1 fully saturated rings. The molecule has 0 amide bonds. The summed E-state index contributed by atoms with van der Waals surface area (Å²) in [6.45, 7) is 6.61. The molecule has 162 valence electrons. The van der Waals surface area contributed by atoms with Gasteiger partial charge in [-0.15, -0.1) is 0 Å². The summed E-state index contributed by atoms with van der Waals surface area (Å²) >= 11 is 0. The van der Waals surface area contributed by atoms with Gasteiger partial charge in [-0.1, -0.05) is 19.8 Å². The molecular formula is C19H33NO8. The number of hydrogen-bond acceptors (Lipinski definition) is 9. The summed E-state index contributed by atoms with van der Waals surface area (Å²) in [4.78, 5) is 34.8. The Morgan fingerprint density at radius 3 is 1.89 bits per heavy atom. The summed E-state index contributed by atoms with van der Waals surface area (Å²) < 4.78 is 27.8. The lowest BCUT2D eigenvalue weighted by Gasteiger charge is -2.44. The molecule has 0 aromatic rings. The Morgan fingerprint density at radius 1 is 0.821 bits per heavy atom. The van der Waals surface area contributed by atoms with Gasteiger partial charge in [0, 0.05) is 27.4 Å². The van der Waals surface area contributed by atoms with E-state index in [9.17, 15) is 14.4 Å². The third-order valence-corrected chi connectivity index (χ3v) is 4.28. The second-order valence-electron chi connectivity index (χ2n) is 6.75. The quantitative estimate of drug-likeness (QED) is 0.310. The number of rotatable bonds is 11. The maximum Gasteiger partial charge on any atom is 0.303 e. The first-order valence-corrected chi connectivity index (χ1v) is 9.78. The normalized spacial score (nSPS) is 27.1. The third kappa shape index (κ3) is 8.12. The van der Waals surface area contributed by atoms with Gasteiger partial charge in [-0.25, -0.2) is 0 Å². The molecule has 28 heavy (non-hydrogen) atoms. The highest BCUT2D eigenvalue weighted by molar-refractivity contribution is 5.68. The summed E-state index contributed by atoms with van der Waals surface area (Å²) in [5.74, 6) is -1.72. The fourth-order valence-corrected chi connectivity index (χ4v) is 3.12. The Bertz CT molecular complexity index is 512. The van der Waals surface area contributed by atoms with E-state index in [2.05, 4.69) is 0 Å². The van der Waals surface area contributed by atoms with Crippen LogP contribution in [0.5, 0.6) is 0 Å². The molecule has 0 spiro atoms. The zero-order chi connectivity index (χ0) is 21.1. The summed E-state index contributed by atoms with van der Waals surface area (Å²) in [6.07, 6.45) is -0.296. The maximum absolute atomic E-state index is 11.6. The van der Waals surface area contributed by atoms with E-state index in [0.29, 0.717) is 19.6 Å². The smallest absolute Gasteiger partial charge is 0.303 e. The second-order valence-corrected chi connectivity index (χ2v) is 6.75. The van der Waals surface area contributed by atoms with Crippen molar-refractivity contribution in [2.45, 2.75) is 90.5 Å². The summed E-state index contributed by atoms with van der Waals surface area (Å²) in [6, 6.07) is 0. The van der Waals surface area contributed by atoms with E-state index in [0.717, 1.165) is 25.7 Å². The van der Waals surface area contributed by atoms with Crippen molar-refractivity contribution >= 4 is 17.9 Å². The van der Waals surface area contributed by atoms with Crippen LogP contribution in [0.15, 0.2) is 0 Å². The molecule has 0 saturated carbocycles. The lowest BCUT2D eigenvalue weighted by atomic mass is 9.96. The number of hydrogen-bond donors (Lipinski definition) is 1. The number of nitrogens with two attached hydrogens (primary N) is 1. The molecule has 9 nitrogen and oxygen atoms in total. The Morgan fingerprint density at radius 2 is 1.36 bits per heavy atom. The number of carbonyl (C=O) groups excluding carboxylic acids is 3. The van der Waals surface area contributed by atoms with E-state index < -0.39 is 48.6 Å². The molecule has 1 saturated heterocycles. The molecule has 0 aromatic heterocycles. The summed E-state index contributed by atoms with van der Waals surface area (Å²) in [5.41, 5.74) is 5.48. The number of unbranched alkanes of at least 4 members (excludes halogenated alkanes) is 3. The fourth-order valence-electron chi connectivity index (χ4n) is 3.12. The third-order valence-electron chi connectivity index (χ3n) is 4.28. The predicted molar refractivity (Wildman–Crippen MR) is 99.1 cm³/mol. The average Bonchev–Trinajstić information content (AvgIpc) is 2.61. The van der Waals surface area contributed by atoms with Crippen LogP contribution < -0.4 is 5.73 Å². The molecule has 1 heterocycles. The molecule has 0 bridgehead atoms. The van der Waals surface area contributed by atoms with Gasteiger partial charge >= 0.3 is 17.9 Å². The van der Waals surface area contributed by atoms with Crippen LogP contribution in [0, 0.1) is 0 Å². The first-order valence-electron chi connectivity index (χ1n) is 9.78. The van der Waals surface area contributed by atoms with Gasteiger partial charge in [0.25, 0.3) is 0 Å². The minimum atomic E-state index is -1.04. The van der Waals surface area contributed by atoms with Crippen molar-refractivity contribution in [2.75, 3.05) is 13.2 Å². The van der Waals surface area contributed by atoms with E-state index >= 15 is 0 Å². The zero-order valence-corrected chi connectivity index (χ0v) is 17.2. The Labute approximate surface area is 166 Å². The molecule has 0 unspecified atom stereocenters. The molecule has 9 heteroatoms. The SMILES string of the molecule is CC[C@H]1O[C@H](OCCCCCCN)[C@@H](OC(C)=O)[C@@H](OC(C)=O)[C@@H]1OC(C)=O. The minimum absolute atomic E-state index is 0.383. The predicted octanol–water partition coefficient (Wildman–Crippen LogP) is 1.45. The van der Waals surface area contributed by atoms with Gasteiger partial charge in [0.2, 0.25) is 0 Å². The highest BCUT2D eigenvalue weighted by Gasteiger charge is 2.51. The van der Waals surface area contributed by atoms with Crippen molar-refractivity contribution in [3.63, 3.8) is 0 Å². The van der Waals surface area contributed by atoms with Crippen molar-refractivity contribution in [3.05, 3.63) is 0 Å². The number of esters is 3. The molecule has 0 aromatic carbocycles. The van der Waals surface area contributed by atoms with Crippen LogP contribution in [0.1, 0.15) is 59.8 Å². The largest absolute Gasteiger partial charge is 0.456 e. The molecule has 1 aliphatic heterocycles. The van der Waals surface area contributed by atoms with E-state index in [1.54, 1.807) is 0 Å². The topological polar surface area (TPSA) is 123 Å². The van der Waals surface area contributed by atoms with E-state index in [4.69, 9.17) is 29.4 Å². The van der Waals surface area contributed by atoms with Crippen LogP contribution in [0.25, 0.3) is 0 Å². The minimum Gasteiger partial charge on any atom is -0.456 e. The Kier molecular flexibility index (Phi) is 11.0. The lowest BCUT2D eigenvalue weighted by Crippen LogP contribution is -2.61. The van der Waals surface area contributed by atoms with Gasteiger partial charge in [-0.3, -0.25) is 14.4 Å². The van der Waals surface area contributed by atoms with Gasteiger partial charge in [0.15, 0.2) is 24.6 Å². The van der Waals surface area contributed by atoms with E-state index in [1.165, 1.54) is 20.8 Å². The zero-order valence-electron chi connectivity index (χ0n) is 17.2. The maximum atomic E-state index is 11.6. The molecule has 1 rings (SSSR count). The highest BCUT2D eigenvalue weighted by Crippen LogP contribution is 2.31. The highest BCUT2D eigenvalue weighted by atomic mass is 16.7. The second kappa shape index (κ2) is 12.7. The van der Waals surface area contributed by atoms with Crippen LogP contribution in [-0.4, -0.2) is 61.8 Å². The van der Waals surface area contributed by atoms with Gasteiger partial charge in [-0.2, -0.15) is 0 Å². The molecule has 0 radical (unpaired) electrons. The van der Waals surface area contributed by atoms with Gasteiger partial charge < -0.3 is 29.4 Å². The molecule has 2 N–H and O–H groups in total. The Balaban J connectivity index is 2.94. The average molecular weight is 403 g/mol. The molecule has 1 aliphatic rings. The first-order chi connectivity index (χ1) is 13.3. The van der Waals surface area contributed by atoms with Gasteiger partial charge in [0.1, 0.15) is 6.10 Å². The van der Waals surface area contributed by atoms with Crippen LogP contribution in [0.4, 0.5) is 0 Å². The molecular weight excluding hydrogens is 370 g/mol. The van der Waals surface area contributed by atoms with Crippen molar-refractivity contribution < 1.29 is 38.1 Å². The molecule has 5 atom stereocenters. The lowest BCUT2D eigenvalue weighted by molar-refractivity contribution is -0.304. The monoisotopic (exact) mass is 403 g/mol. The molecule has 0 aliphatic carbocycles.